The molecule has 0 saturated heterocycles. The number of aryl methyl sites for hydroxylation is 1. The molecule has 0 radical (unpaired) electrons. The fourth-order valence-corrected chi connectivity index (χ4v) is 2.68. The molecule has 1 aliphatic rings. The summed E-state index contributed by atoms with van der Waals surface area (Å²) >= 11 is 0. The van der Waals surface area contributed by atoms with E-state index >= 15 is 0 Å². The van der Waals surface area contributed by atoms with Crippen LogP contribution in [0.4, 0.5) is 0 Å². The Bertz CT molecular complexity index is 318. The number of aromatic nitrogens is 2. The van der Waals surface area contributed by atoms with Crippen molar-refractivity contribution in [3.05, 3.63) is 18.0 Å². The standard InChI is InChI=1S/C12H21N3/c1-3-15-8-10(7-14-15)12(13)11-6-4-5-9(11)2/h7-9,11-12H,3-6,13H2,1-2H3. The summed E-state index contributed by atoms with van der Waals surface area (Å²) in [5.74, 6) is 1.42. The lowest BCUT2D eigenvalue weighted by Crippen LogP contribution is -2.22. The predicted molar refractivity (Wildman–Crippen MR) is 61.3 cm³/mol. The first-order valence-electron chi connectivity index (χ1n) is 6.00. The van der Waals surface area contributed by atoms with Gasteiger partial charge in [-0.2, -0.15) is 5.10 Å². The normalized spacial score (nSPS) is 28.2. The molecule has 2 N–H and O–H groups in total. The molecule has 1 aromatic rings. The molecule has 0 aliphatic heterocycles. The molecule has 0 amide bonds. The lowest BCUT2D eigenvalue weighted by Gasteiger charge is -2.22. The van der Waals surface area contributed by atoms with Gasteiger partial charge < -0.3 is 5.73 Å². The summed E-state index contributed by atoms with van der Waals surface area (Å²) < 4.78 is 1.95. The van der Waals surface area contributed by atoms with Crippen LogP contribution in [0.2, 0.25) is 0 Å². The zero-order valence-electron chi connectivity index (χ0n) is 9.69. The van der Waals surface area contributed by atoms with Crippen LogP contribution in [0.3, 0.4) is 0 Å². The van der Waals surface area contributed by atoms with Crippen molar-refractivity contribution in [3.63, 3.8) is 0 Å². The number of hydrogen-bond acceptors (Lipinski definition) is 2. The fourth-order valence-electron chi connectivity index (χ4n) is 2.68. The number of rotatable bonds is 3. The van der Waals surface area contributed by atoms with Crippen molar-refractivity contribution in [1.29, 1.82) is 0 Å². The lowest BCUT2D eigenvalue weighted by molar-refractivity contribution is 0.351. The minimum atomic E-state index is 0.183. The Balaban J connectivity index is 2.09. The molecule has 3 atom stereocenters. The zero-order valence-corrected chi connectivity index (χ0v) is 9.69. The number of nitrogens with two attached hydrogens (primary N) is 1. The van der Waals surface area contributed by atoms with Crippen molar-refractivity contribution in [2.45, 2.75) is 45.7 Å². The van der Waals surface area contributed by atoms with Crippen LogP contribution in [-0.4, -0.2) is 9.78 Å². The van der Waals surface area contributed by atoms with Crippen molar-refractivity contribution in [1.82, 2.24) is 9.78 Å². The molecule has 1 aliphatic carbocycles. The molecule has 1 aromatic heterocycles. The second-order valence-corrected chi connectivity index (χ2v) is 4.73. The summed E-state index contributed by atoms with van der Waals surface area (Å²) in [6.45, 7) is 5.34. The van der Waals surface area contributed by atoms with Gasteiger partial charge in [0.2, 0.25) is 0 Å². The van der Waals surface area contributed by atoms with Gasteiger partial charge >= 0.3 is 0 Å². The summed E-state index contributed by atoms with van der Waals surface area (Å²) in [7, 11) is 0. The van der Waals surface area contributed by atoms with Crippen LogP contribution in [-0.2, 0) is 6.54 Å². The molecule has 3 heteroatoms. The Hall–Kier alpha value is -0.830. The van der Waals surface area contributed by atoms with E-state index in [0.717, 1.165) is 12.5 Å². The van der Waals surface area contributed by atoms with Crippen LogP contribution in [0.5, 0.6) is 0 Å². The third-order valence-corrected chi connectivity index (χ3v) is 3.75. The van der Waals surface area contributed by atoms with Crippen molar-refractivity contribution in [2.24, 2.45) is 17.6 Å². The minimum absolute atomic E-state index is 0.183. The summed E-state index contributed by atoms with van der Waals surface area (Å²) in [6.07, 6.45) is 7.97. The van der Waals surface area contributed by atoms with Gasteiger partial charge in [0.15, 0.2) is 0 Å². The summed E-state index contributed by atoms with van der Waals surface area (Å²) in [5.41, 5.74) is 7.51. The first-order chi connectivity index (χ1) is 7.22. The van der Waals surface area contributed by atoms with Gasteiger partial charge in [-0.05, 0) is 25.2 Å². The van der Waals surface area contributed by atoms with E-state index in [1.807, 2.05) is 10.9 Å². The largest absolute Gasteiger partial charge is 0.324 e. The Morgan fingerprint density at radius 1 is 1.60 bits per heavy atom. The molecule has 2 rings (SSSR count). The Labute approximate surface area is 91.7 Å². The van der Waals surface area contributed by atoms with Gasteiger partial charge in [0.25, 0.3) is 0 Å². The highest BCUT2D eigenvalue weighted by Gasteiger charge is 2.30. The van der Waals surface area contributed by atoms with Gasteiger partial charge in [-0.15, -0.1) is 0 Å². The Kier molecular flexibility index (Phi) is 3.10. The van der Waals surface area contributed by atoms with E-state index in [9.17, 15) is 0 Å². The van der Waals surface area contributed by atoms with Gasteiger partial charge in [0.1, 0.15) is 0 Å². The molecular formula is C12H21N3. The fraction of sp³-hybridized carbons (Fsp3) is 0.750. The summed E-state index contributed by atoms with van der Waals surface area (Å²) in [4.78, 5) is 0. The summed E-state index contributed by atoms with van der Waals surface area (Å²) in [5, 5.41) is 4.29. The van der Waals surface area contributed by atoms with Crippen LogP contribution >= 0.6 is 0 Å². The quantitative estimate of drug-likeness (QED) is 0.826. The second kappa shape index (κ2) is 4.35. The van der Waals surface area contributed by atoms with Crippen molar-refractivity contribution >= 4 is 0 Å². The van der Waals surface area contributed by atoms with Gasteiger partial charge in [-0.25, -0.2) is 0 Å². The topological polar surface area (TPSA) is 43.8 Å². The van der Waals surface area contributed by atoms with Crippen LogP contribution in [0.25, 0.3) is 0 Å². The third kappa shape index (κ3) is 2.07. The molecule has 0 spiro atoms. The molecule has 1 fully saturated rings. The van der Waals surface area contributed by atoms with E-state index in [0.29, 0.717) is 5.92 Å². The molecule has 15 heavy (non-hydrogen) atoms. The number of hydrogen-bond donors (Lipinski definition) is 1. The smallest absolute Gasteiger partial charge is 0.0537 e. The van der Waals surface area contributed by atoms with Crippen molar-refractivity contribution in [3.8, 4) is 0 Å². The van der Waals surface area contributed by atoms with Crippen LogP contribution in [0.15, 0.2) is 12.4 Å². The first kappa shape index (κ1) is 10.7. The predicted octanol–water partition coefficient (Wildman–Crippen LogP) is 2.34. The highest BCUT2D eigenvalue weighted by Crippen LogP contribution is 2.38. The van der Waals surface area contributed by atoms with Gasteiger partial charge in [-0.3, -0.25) is 4.68 Å². The average Bonchev–Trinajstić information content (AvgIpc) is 2.84. The van der Waals surface area contributed by atoms with Crippen LogP contribution in [0, 0.1) is 11.8 Å². The van der Waals surface area contributed by atoms with Gasteiger partial charge in [-0.1, -0.05) is 19.8 Å². The zero-order chi connectivity index (χ0) is 10.8. The molecule has 0 aromatic carbocycles. The summed E-state index contributed by atoms with van der Waals surface area (Å²) in [6, 6.07) is 0.183. The minimum Gasteiger partial charge on any atom is -0.324 e. The van der Waals surface area contributed by atoms with Crippen molar-refractivity contribution in [2.75, 3.05) is 0 Å². The Morgan fingerprint density at radius 2 is 2.40 bits per heavy atom. The van der Waals surface area contributed by atoms with E-state index in [4.69, 9.17) is 5.73 Å². The Morgan fingerprint density at radius 3 is 2.93 bits per heavy atom. The van der Waals surface area contributed by atoms with Crippen molar-refractivity contribution < 1.29 is 0 Å². The molecular weight excluding hydrogens is 186 g/mol. The first-order valence-corrected chi connectivity index (χ1v) is 6.00. The molecule has 84 valence electrons. The van der Waals surface area contributed by atoms with Gasteiger partial charge in [0, 0.05) is 24.3 Å². The maximum absolute atomic E-state index is 6.31. The van der Waals surface area contributed by atoms with E-state index in [2.05, 4.69) is 25.1 Å². The monoisotopic (exact) mass is 207 g/mol. The third-order valence-electron chi connectivity index (χ3n) is 3.75. The van der Waals surface area contributed by atoms with E-state index in [1.54, 1.807) is 0 Å². The van der Waals surface area contributed by atoms with E-state index in [-0.39, 0.29) is 6.04 Å². The SMILES string of the molecule is CCn1cc(C(N)C2CCCC2C)cn1. The molecule has 1 saturated carbocycles. The molecule has 3 unspecified atom stereocenters. The average molecular weight is 207 g/mol. The second-order valence-electron chi connectivity index (χ2n) is 4.73. The van der Waals surface area contributed by atoms with Gasteiger partial charge in [0.05, 0.1) is 6.20 Å². The van der Waals surface area contributed by atoms with Crippen LogP contribution < -0.4 is 5.73 Å². The number of nitrogens with zero attached hydrogens (tertiary/aromatic N) is 2. The maximum Gasteiger partial charge on any atom is 0.0537 e. The maximum atomic E-state index is 6.31. The highest BCUT2D eigenvalue weighted by molar-refractivity contribution is 5.12. The lowest BCUT2D eigenvalue weighted by atomic mass is 9.88. The molecule has 3 nitrogen and oxygen atoms in total. The van der Waals surface area contributed by atoms with E-state index in [1.165, 1.54) is 24.8 Å². The van der Waals surface area contributed by atoms with Crippen LogP contribution in [0.1, 0.15) is 44.7 Å². The highest BCUT2D eigenvalue weighted by atomic mass is 15.3. The molecule has 1 heterocycles. The molecule has 0 bridgehead atoms. The van der Waals surface area contributed by atoms with E-state index < -0.39 is 0 Å².